The molecule has 0 bridgehead atoms. The van der Waals surface area contributed by atoms with Crippen molar-refractivity contribution in [2.75, 3.05) is 31.1 Å². The average Bonchev–Trinajstić information content (AvgIpc) is 2.75. The third-order valence-electron chi connectivity index (χ3n) is 4.22. The molecule has 1 aromatic carbocycles. The van der Waals surface area contributed by atoms with E-state index in [4.69, 9.17) is 16.3 Å². The first-order valence-corrected chi connectivity index (χ1v) is 11.3. The molecule has 2 aromatic rings. The maximum atomic E-state index is 13.2. The Hall–Kier alpha value is -2.34. The monoisotopic (exact) mass is 451 g/mol. The third kappa shape index (κ3) is 8.37. The normalized spacial score (nSPS) is 13.5. The molecular weight excluding hydrogens is 417 g/mol. The number of carbonyl (C=O) groups is 1. The Balaban J connectivity index is 0.00000113. The highest BCUT2D eigenvalue weighted by molar-refractivity contribution is 6.29. The molecule has 3 rings (SSSR count). The molecule has 1 aliphatic rings. The van der Waals surface area contributed by atoms with E-state index in [1.54, 1.807) is 23.1 Å². The van der Waals surface area contributed by atoms with Gasteiger partial charge in [-0.15, -0.1) is 0 Å². The topological polar surface area (TPSA) is 45.7 Å². The number of halogens is 2. The van der Waals surface area contributed by atoms with Crippen molar-refractivity contribution in [1.29, 1.82) is 0 Å². The van der Waals surface area contributed by atoms with Gasteiger partial charge in [0.25, 0.3) is 0 Å². The fourth-order valence-electron chi connectivity index (χ4n) is 2.91. The number of piperazine rings is 1. The number of pyridine rings is 1. The van der Waals surface area contributed by atoms with E-state index in [0.717, 1.165) is 11.3 Å². The van der Waals surface area contributed by atoms with Crippen molar-refractivity contribution in [3.8, 4) is 11.3 Å². The molecule has 7 heteroatoms. The van der Waals surface area contributed by atoms with Crippen LogP contribution in [-0.2, 0) is 4.74 Å². The predicted molar refractivity (Wildman–Crippen MR) is 127 cm³/mol. The highest BCUT2D eigenvalue weighted by Crippen LogP contribution is 2.27. The Morgan fingerprint density at radius 3 is 2.06 bits per heavy atom. The van der Waals surface area contributed by atoms with Crippen molar-refractivity contribution in [3.05, 3.63) is 47.4 Å². The van der Waals surface area contributed by atoms with E-state index in [9.17, 15) is 9.18 Å². The van der Waals surface area contributed by atoms with Crippen molar-refractivity contribution in [3.63, 3.8) is 0 Å². The van der Waals surface area contributed by atoms with Gasteiger partial charge in [0.1, 0.15) is 16.6 Å². The van der Waals surface area contributed by atoms with Gasteiger partial charge in [-0.1, -0.05) is 39.3 Å². The van der Waals surface area contributed by atoms with Crippen LogP contribution in [0.4, 0.5) is 14.9 Å². The van der Waals surface area contributed by atoms with Gasteiger partial charge in [-0.25, -0.2) is 14.2 Å². The molecular formula is C24H35ClFN3O2. The molecule has 0 N–H and O–H groups in total. The summed E-state index contributed by atoms with van der Waals surface area (Å²) < 4.78 is 18.6. The second kappa shape index (κ2) is 12.5. The molecule has 1 amide bonds. The van der Waals surface area contributed by atoms with E-state index in [0.29, 0.717) is 37.0 Å². The van der Waals surface area contributed by atoms with Gasteiger partial charge in [0.15, 0.2) is 0 Å². The molecule has 31 heavy (non-hydrogen) atoms. The minimum Gasteiger partial charge on any atom is -0.444 e. The van der Waals surface area contributed by atoms with Crippen LogP contribution in [-0.4, -0.2) is 47.8 Å². The van der Waals surface area contributed by atoms with Gasteiger partial charge in [0, 0.05) is 37.4 Å². The summed E-state index contributed by atoms with van der Waals surface area (Å²) in [5, 5.41) is 0.376. The van der Waals surface area contributed by atoms with Crippen molar-refractivity contribution >= 4 is 23.4 Å². The highest BCUT2D eigenvalue weighted by atomic mass is 35.5. The second-order valence-corrected chi connectivity index (χ2v) is 7.88. The zero-order valence-electron chi connectivity index (χ0n) is 19.7. The first kappa shape index (κ1) is 26.7. The molecule has 0 atom stereocenters. The van der Waals surface area contributed by atoms with Crippen molar-refractivity contribution in [2.24, 2.45) is 0 Å². The Bertz CT molecular complexity index is 815. The predicted octanol–water partition coefficient (Wildman–Crippen LogP) is 6.65. The SMILES string of the molecule is CC.CC.CC(C)(C)OC(=O)N1CCN(c2cc(Cl)nc(-c3ccc(F)cc3)c2)CC1. The van der Waals surface area contributed by atoms with Crippen molar-refractivity contribution in [2.45, 2.75) is 54.1 Å². The van der Waals surface area contributed by atoms with Gasteiger partial charge in [0.05, 0.1) is 5.69 Å². The third-order valence-corrected chi connectivity index (χ3v) is 4.41. The smallest absolute Gasteiger partial charge is 0.410 e. The number of ether oxygens (including phenoxy) is 1. The number of benzene rings is 1. The summed E-state index contributed by atoms with van der Waals surface area (Å²) in [5.41, 5.74) is 1.91. The summed E-state index contributed by atoms with van der Waals surface area (Å²) in [4.78, 5) is 20.4. The number of amides is 1. The quantitative estimate of drug-likeness (QED) is 0.479. The number of hydrogen-bond donors (Lipinski definition) is 0. The zero-order valence-corrected chi connectivity index (χ0v) is 20.5. The van der Waals surface area contributed by atoms with Gasteiger partial charge in [-0.3, -0.25) is 0 Å². The lowest BCUT2D eigenvalue weighted by atomic mass is 10.1. The molecule has 0 radical (unpaired) electrons. The van der Waals surface area contributed by atoms with E-state index < -0.39 is 5.60 Å². The molecule has 2 heterocycles. The van der Waals surface area contributed by atoms with Gasteiger partial charge in [-0.05, 0) is 57.2 Å². The molecule has 1 aromatic heterocycles. The lowest BCUT2D eigenvalue weighted by Crippen LogP contribution is -2.50. The molecule has 0 saturated carbocycles. The molecule has 0 unspecified atom stereocenters. The minimum absolute atomic E-state index is 0.290. The van der Waals surface area contributed by atoms with Crippen LogP contribution in [0.15, 0.2) is 36.4 Å². The zero-order chi connectivity index (χ0) is 23.6. The van der Waals surface area contributed by atoms with E-state index in [1.165, 1.54) is 12.1 Å². The molecule has 172 valence electrons. The van der Waals surface area contributed by atoms with Crippen LogP contribution in [0.2, 0.25) is 5.15 Å². The van der Waals surface area contributed by atoms with Gasteiger partial charge in [-0.2, -0.15) is 0 Å². The summed E-state index contributed by atoms with van der Waals surface area (Å²) in [6, 6.07) is 9.89. The molecule has 5 nitrogen and oxygen atoms in total. The summed E-state index contributed by atoms with van der Waals surface area (Å²) >= 11 is 6.21. The van der Waals surface area contributed by atoms with E-state index in [1.807, 2.05) is 54.5 Å². The lowest BCUT2D eigenvalue weighted by molar-refractivity contribution is 0.0240. The summed E-state index contributed by atoms with van der Waals surface area (Å²) in [6.07, 6.45) is -0.290. The van der Waals surface area contributed by atoms with Crippen LogP contribution < -0.4 is 4.90 Å². The van der Waals surface area contributed by atoms with Crippen molar-refractivity contribution < 1.29 is 13.9 Å². The lowest BCUT2D eigenvalue weighted by Gasteiger charge is -2.36. The summed E-state index contributed by atoms with van der Waals surface area (Å²) in [7, 11) is 0. The average molecular weight is 452 g/mol. The number of hydrogen-bond acceptors (Lipinski definition) is 4. The van der Waals surface area contributed by atoms with Crippen molar-refractivity contribution in [1.82, 2.24) is 9.88 Å². The van der Waals surface area contributed by atoms with E-state index in [-0.39, 0.29) is 11.9 Å². The number of rotatable bonds is 2. The first-order chi connectivity index (χ1) is 14.7. The molecule has 1 saturated heterocycles. The number of nitrogens with zero attached hydrogens (tertiary/aromatic N) is 3. The van der Waals surface area contributed by atoms with Gasteiger partial charge < -0.3 is 14.5 Å². The molecule has 1 fully saturated rings. The Labute approximate surface area is 191 Å². The minimum atomic E-state index is -0.503. The highest BCUT2D eigenvalue weighted by Gasteiger charge is 2.26. The largest absolute Gasteiger partial charge is 0.444 e. The van der Waals surface area contributed by atoms with Crippen LogP contribution in [0.1, 0.15) is 48.5 Å². The van der Waals surface area contributed by atoms with Crippen LogP contribution in [0.3, 0.4) is 0 Å². The number of anilines is 1. The first-order valence-electron chi connectivity index (χ1n) is 10.9. The van der Waals surface area contributed by atoms with Crippen LogP contribution in [0, 0.1) is 5.82 Å². The molecule has 1 aliphatic heterocycles. The van der Waals surface area contributed by atoms with Crippen LogP contribution in [0.5, 0.6) is 0 Å². The molecule has 0 aliphatic carbocycles. The fourth-order valence-corrected chi connectivity index (χ4v) is 3.11. The van der Waals surface area contributed by atoms with E-state index >= 15 is 0 Å². The number of carbonyl (C=O) groups excluding carboxylic acids is 1. The Morgan fingerprint density at radius 1 is 1.00 bits per heavy atom. The van der Waals surface area contributed by atoms with Crippen LogP contribution in [0.25, 0.3) is 11.3 Å². The summed E-state index contributed by atoms with van der Waals surface area (Å²) in [5.74, 6) is -0.292. The second-order valence-electron chi connectivity index (χ2n) is 7.49. The number of aromatic nitrogens is 1. The van der Waals surface area contributed by atoms with Crippen LogP contribution >= 0.6 is 11.6 Å². The Kier molecular flexibility index (Phi) is 10.8. The summed E-state index contributed by atoms with van der Waals surface area (Å²) in [6.45, 7) is 16.1. The maximum Gasteiger partial charge on any atom is 0.410 e. The fraction of sp³-hybridized carbons (Fsp3) is 0.500. The standard InChI is InChI=1S/C20H23ClFN3O2.2C2H6/c1-20(2,3)27-19(26)25-10-8-24(9-11-25)16-12-17(23-18(21)13-16)14-4-6-15(22)7-5-14;2*1-2/h4-7,12-13H,8-11H2,1-3H3;2*1-2H3. The Morgan fingerprint density at radius 2 is 1.55 bits per heavy atom. The van der Waals surface area contributed by atoms with E-state index in [2.05, 4.69) is 9.88 Å². The van der Waals surface area contributed by atoms with Gasteiger partial charge in [0.2, 0.25) is 0 Å². The van der Waals surface area contributed by atoms with Gasteiger partial charge >= 0.3 is 6.09 Å². The molecule has 0 spiro atoms. The maximum absolute atomic E-state index is 13.2.